The molecule has 0 aliphatic rings. The molecule has 0 fully saturated rings. The van der Waals surface area contributed by atoms with Gasteiger partial charge in [-0.1, -0.05) is 97.1 Å². The van der Waals surface area contributed by atoms with E-state index in [0.29, 0.717) is 0 Å². The number of rotatable bonds is 8. The molecule has 0 saturated heterocycles. The van der Waals surface area contributed by atoms with Crippen LogP contribution in [0.5, 0.6) is 11.5 Å². The van der Waals surface area contributed by atoms with Gasteiger partial charge in [0.25, 0.3) is 0 Å². The van der Waals surface area contributed by atoms with Gasteiger partial charge in [-0.05, 0) is 129 Å². The Balaban J connectivity index is 1.11. The van der Waals surface area contributed by atoms with Crippen molar-refractivity contribution in [2.45, 2.75) is 0 Å². The number of aromatic nitrogens is 1. The first-order chi connectivity index (χ1) is 23.8. The maximum atomic E-state index is 6.09. The summed E-state index contributed by atoms with van der Waals surface area (Å²) in [6.07, 6.45) is 3.65. The van der Waals surface area contributed by atoms with E-state index in [9.17, 15) is 0 Å². The number of ether oxygens (including phenoxy) is 1. The van der Waals surface area contributed by atoms with Crippen molar-refractivity contribution >= 4 is 27.8 Å². The summed E-state index contributed by atoms with van der Waals surface area (Å²) >= 11 is 0. The van der Waals surface area contributed by atoms with Crippen LogP contribution in [0.2, 0.25) is 0 Å². The van der Waals surface area contributed by atoms with Gasteiger partial charge in [-0.15, -0.1) is 0 Å². The minimum Gasteiger partial charge on any atom is -0.457 e. The summed E-state index contributed by atoms with van der Waals surface area (Å²) in [4.78, 5) is 6.45. The predicted molar refractivity (Wildman–Crippen MR) is 199 cm³/mol. The highest BCUT2D eigenvalue weighted by Gasteiger charge is 2.14. The van der Waals surface area contributed by atoms with Gasteiger partial charge in [-0.2, -0.15) is 0 Å². The molecule has 1 heterocycles. The van der Waals surface area contributed by atoms with Gasteiger partial charge in [-0.3, -0.25) is 4.98 Å². The van der Waals surface area contributed by atoms with E-state index in [2.05, 4.69) is 137 Å². The van der Waals surface area contributed by atoms with Crippen LogP contribution < -0.4 is 9.64 Å². The molecule has 3 heteroatoms. The Hall–Kier alpha value is -6.45. The number of hydrogen-bond acceptors (Lipinski definition) is 3. The van der Waals surface area contributed by atoms with E-state index >= 15 is 0 Å². The van der Waals surface area contributed by atoms with Gasteiger partial charge < -0.3 is 9.64 Å². The SMILES string of the molecule is c1ccc(Oc2ccc(N(c3ccc(-c4ccncc4)cc3)c3ccc(-c4ccc5cc(-c6ccccc6)ccc5c4)cc3)cc2)cc1. The third-order valence-corrected chi connectivity index (χ3v) is 8.62. The molecule has 8 rings (SSSR count). The van der Waals surface area contributed by atoms with Crippen molar-refractivity contribution in [3.8, 4) is 44.9 Å². The molecule has 1 aromatic heterocycles. The Bertz CT molecular complexity index is 2270. The minimum atomic E-state index is 0.792. The fraction of sp³-hybridized carbons (Fsp3) is 0. The molecule has 0 radical (unpaired) electrons. The zero-order chi connectivity index (χ0) is 32.1. The molecule has 0 amide bonds. The molecule has 0 atom stereocenters. The van der Waals surface area contributed by atoms with Crippen molar-refractivity contribution in [3.63, 3.8) is 0 Å². The lowest BCUT2D eigenvalue weighted by Crippen LogP contribution is -2.09. The fourth-order valence-electron chi connectivity index (χ4n) is 6.12. The van der Waals surface area contributed by atoms with Crippen molar-refractivity contribution in [2.24, 2.45) is 0 Å². The first-order valence-corrected chi connectivity index (χ1v) is 16.1. The van der Waals surface area contributed by atoms with Crippen molar-refractivity contribution < 1.29 is 4.74 Å². The molecule has 48 heavy (non-hydrogen) atoms. The van der Waals surface area contributed by atoms with Crippen LogP contribution in [-0.4, -0.2) is 4.98 Å². The number of pyridine rings is 1. The van der Waals surface area contributed by atoms with Crippen LogP contribution in [0, 0.1) is 0 Å². The first-order valence-electron chi connectivity index (χ1n) is 16.1. The van der Waals surface area contributed by atoms with Crippen LogP contribution in [0.15, 0.2) is 194 Å². The maximum Gasteiger partial charge on any atom is 0.127 e. The number of para-hydroxylation sites is 1. The predicted octanol–water partition coefficient (Wildman–Crippen LogP) is 12.5. The lowest BCUT2D eigenvalue weighted by Gasteiger charge is -2.26. The Morgan fingerprint density at radius 2 is 0.729 bits per heavy atom. The molecule has 228 valence electrons. The summed E-state index contributed by atoms with van der Waals surface area (Å²) in [5.41, 5.74) is 10.3. The van der Waals surface area contributed by atoms with Crippen LogP contribution in [0.3, 0.4) is 0 Å². The molecule has 8 aromatic rings. The lowest BCUT2D eigenvalue weighted by molar-refractivity contribution is 0.483. The van der Waals surface area contributed by atoms with Gasteiger partial charge >= 0.3 is 0 Å². The monoisotopic (exact) mass is 616 g/mol. The number of benzene rings is 7. The van der Waals surface area contributed by atoms with E-state index in [4.69, 9.17) is 4.74 Å². The van der Waals surface area contributed by atoms with Gasteiger partial charge in [0.2, 0.25) is 0 Å². The Labute approximate surface area is 281 Å². The van der Waals surface area contributed by atoms with E-state index in [1.54, 1.807) is 0 Å². The van der Waals surface area contributed by atoms with Gasteiger partial charge in [-0.25, -0.2) is 0 Å². The first kappa shape index (κ1) is 29.0. The van der Waals surface area contributed by atoms with Crippen molar-refractivity contribution in [1.82, 2.24) is 4.98 Å². The largest absolute Gasteiger partial charge is 0.457 e. The fourth-order valence-corrected chi connectivity index (χ4v) is 6.12. The van der Waals surface area contributed by atoms with Crippen molar-refractivity contribution in [3.05, 3.63) is 194 Å². The number of fused-ring (bicyclic) bond motifs is 1. The molecule has 3 nitrogen and oxygen atoms in total. The molecule has 0 N–H and O–H groups in total. The van der Waals surface area contributed by atoms with Gasteiger partial charge in [0, 0.05) is 29.5 Å². The van der Waals surface area contributed by atoms with Gasteiger partial charge in [0.05, 0.1) is 0 Å². The standard InChI is InChI=1S/C45H32N2O/c1-3-7-33(8-4-1)37-11-13-40-32-38(12-14-39(40)31-37)35-17-21-42(22-18-35)47(41-19-15-34(16-20-41)36-27-29-46-30-28-36)43-23-25-45(26-24-43)48-44-9-5-2-6-10-44/h1-32H. The average Bonchev–Trinajstić information content (AvgIpc) is 3.17. The molecular formula is C45H32N2O. The molecular weight excluding hydrogens is 585 g/mol. The zero-order valence-electron chi connectivity index (χ0n) is 26.3. The summed E-state index contributed by atoms with van der Waals surface area (Å²) < 4.78 is 6.09. The highest BCUT2D eigenvalue weighted by molar-refractivity contribution is 5.91. The second-order valence-corrected chi connectivity index (χ2v) is 11.7. The Morgan fingerprint density at radius 1 is 0.333 bits per heavy atom. The highest BCUT2D eigenvalue weighted by Crippen LogP contribution is 2.38. The quantitative estimate of drug-likeness (QED) is 0.170. The lowest BCUT2D eigenvalue weighted by atomic mass is 9.97. The van der Waals surface area contributed by atoms with E-state index in [1.807, 2.05) is 67.0 Å². The molecule has 7 aromatic carbocycles. The van der Waals surface area contributed by atoms with E-state index in [1.165, 1.54) is 33.0 Å². The third-order valence-electron chi connectivity index (χ3n) is 8.62. The summed E-state index contributed by atoms with van der Waals surface area (Å²) in [6.45, 7) is 0. The smallest absolute Gasteiger partial charge is 0.127 e. The van der Waals surface area contributed by atoms with Crippen LogP contribution in [0.25, 0.3) is 44.2 Å². The average molecular weight is 617 g/mol. The molecule has 0 spiro atoms. The van der Waals surface area contributed by atoms with Crippen LogP contribution in [0.1, 0.15) is 0 Å². The normalized spacial score (nSPS) is 10.9. The number of nitrogens with zero attached hydrogens (tertiary/aromatic N) is 2. The molecule has 0 bridgehead atoms. The Morgan fingerprint density at radius 3 is 1.27 bits per heavy atom. The van der Waals surface area contributed by atoms with Crippen molar-refractivity contribution in [2.75, 3.05) is 4.90 Å². The van der Waals surface area contributed by atoms with Crippen LogP contribution in [0.4, 0.5) is 17.1 Å². The number of anilines is 3. The molecule has 0 aliphatic carbocycles. The Kier molecular flexibility index (Phi) is 7.92. The van der Waals surface area contributed by atoms with Crippen molar-refractivity contribution in [1.29, 1.82) is 0 Å². The summed E-state index contributed by atoms with van der Waals surface area (Å²) in [5.74, 6) is 1.61. The second kappa shape index (κ2) is 13.1. The minimum absolute atomic E-state index is 0.792. The molecule has 0 unspecified atom stereocenters. The van der Waals surface area contributed by atoms with Crippen LogP contribution in [-0.2, 0) is 0 Å². The van der Waals surface area contributed by atoms with E-state index < -0.39 is 0 Å². The second-order valence-electron chi connectivity index (χ2n) is 11.7. The van der Waals surface area contributed by atoms with Gasteiger partial charge in [0.1, 0.15) is 11.5 Å². The van der Waals surface area contributed by atoms with E-state index in [0.717, 1.165) is 39.7 Å². The van der Waals surface area contributed by atoms with E-state index in [-0.39, 0.29) is 0 Å². The summed E-state index contributed by atoms with van der Waals surface area (Å²) in [5, 5.41) is 2.46. The molecule has 0 aliphatic heterocycles. The number of hydrogen-bond donors (Lipinski definition) is 0. The topological polar surface area (TPSA) is 25.4 Å². The van der Waals surface area contributed by atoms with Gasteiger partial charge in [0.15, 0.2) is 0 Å². The third kappa shape index (κ3) is 6.18. The summed E-state index contributed by atoms with van der Waals surface area (Å²) in [6, 6.07) is 63.6. The zero-order valence-corrected chi connectivity index (χ0v) is 26.3. The summed E-state index contributed by atoms with van der Waals surface area (Å²) in [7, 11) is 0. The van der Waals surface area contributed by atoms with Crippen LogP contribution >= 0.6 is 0 Å². The maximum absolute atomic E-state index is 6.09. The highest BCUT2D eigenvalue weighted by atomic mass is 16.5. The molecule has 0 saturated carbocycles.